The van der Waals surface area contributed by atoms with Crippen LogP contribution in [0.5, 0.6) is 0 Å². The third-order valence-corrected chi connectivity index (χ3v) is 3.35. The fraction of sp³-hybridized carbons (Fsp3) is 0.333. The number of benzene rings is 1. The van der Waals surface area contributed by atoms with Gasteiger partial charge < -0.3 is 5.32 Å². The van der Waals surface area contributed by atoms with Gasteiger partial charge in [-0.15, -0.1) is 4.91 Å². The highest BCUT2D eigenvalue weighted by Crippen LogP contribution is 2.43. The van der Waals surface area contributed by atoms with Gasteiger partial charge in [-0.2, -0.15) is 5.26 Å². The Morgan fingerprint density at radius 1 is 1.44 bits per heavy atom. The van der Waals surface area contributed by atoms with Crippen LogP contribution in [0.15, 0.2) is 23.5 Å². The molecule has 0 spiro atoms. The van der Waals surface area contributed by atoms with Crippen molar-refractivity contribution in [3.8, 4) is 6.07 Å². The topological polar surface area (TPSA) is 85.6 Å². The summed E-state index contributed by atoms with van der Waals surface area (Å²) in [5, 5.41) is 15.9. The lowest BCUT2D eigenvalue weighted by Gasteiger charge is -2.32. The van der Waals surface area contributed by atoms with E-state index in [4.69, 9.17) is 5.26 Å². The standard InChI is InChI=1S/C12H10N4O2/c13-6-8-2-1-3-9-10(8)14-12(17)11(7-4-5-7)16(9)15-18/h1-3,7,11H,4-5H2,(H,14,17). The van der Waals surface area contributed by atoms with E-state index in [1.165, 1.54) is 5.01 Å². The summed E-state index contributed by atoms with van der Waals surface area (Å²) in [7, 11) is 0. The Bertz CT molecular complexity index is 574. The van der Waals surface area contributed by atoms with Gasteiger partial charge in [-0.1, -0.05) is 6.07 Å². The smallest absolute Gasteiger partial charge is 0.249 e. The average molecular weight is 242 g/mol. The molecular formula is C12H10N4O2. The number of para-hydroxylation sites is 1. The van der Waals surface area contributed by atoms with Crippen LogP contribution in [0.1, 0.15) is 18.4 Å². The van der Waals surface area contributed by atoms with Crippen LogP contribution in [-0.4, -0.2) is 11.9 Å². The number of rotatable bonds is 2. The van der Waals surface area contributed by atoms with Gasteiger partial charge in [0.2, 0.25) is 5.91 Å². The van der Waals surface area contributed by atoms with Gasteiger partial charge in [-0.05, 0) is 30.9 Å². The van der Waals surface area contributed by atoms with Gasteiger partial charge in [0.1, 0.15) is 12.1 Å². The molecule has 1 aromatic rings. The summed E-state index contributed by atoms with van der Waals surface area (Å²) in [6.45, 7) is 0. The normalized spacial score (nSPS) is 21.8. The van der Waals surface area contributed by atoms with Crippen molar-refractivity contribution in [1.82, 2.24) is 0 Å². The molecule has 0 bridgehead atoms. The highest BCUT2D eigenvalue weighted by molar-refractivity contribution is 6.05. The molecule has 0 radical (unpaired) electrons. The van der Waals surface area contributed by atoms with Crippen LogP contribution in [0.2, 0.25) is 0 Å². The van der Waals surface area contributed by atoms with Gasteiger partial charge in [0, 0.05) is 0 Å². The second-order valence-electron chi connectivity index (χ2n) is 4.51. The van der Waals surface area contributed by atoms with Crippen LogP contribution < -0.4 is 10.3 Å². The minimum absolute atomic E-state index is 0.182. The molecule has 0 aromatic heterocycles. The van der Waals surface area contributed by atoms with Crippen molar-refractivity contribution in [3.05, 3.63) is 28.7 Å². The van der Waals surface area contributed by atoms with Crippen molar-refractivity contribution >= 4 is 17.3 Å². The lowest BCUT2D eigenvalue weighted by atomic mass is 10.0. The molecule has 1 amide bonds. The lowest BCUT2D eigenvalue weighted by Crippen LogP contribution is -2.46. The molecule has 18 heavy (non-hydrogen) atoms. The van der Waals surface area contributed by atoms with Crippen molar-refractivity contribution in [1.29, 1.82) is 5.26 Å². The van der Waals surface area contributed by atoms with E-state index in [0.29, 0.717) is 16.9 Å². The SMILES string of the molecule is N#Cc1cccc2c1NC(=O)C(C1CC1)N2N=O. The minimum Gasteiger partial charge on any atom is -0.321 e. The molecule has 90 valence electrons. The zero-order valence-electron chi connectivity index (χ0n) is 9.46. The maximum absolute atomic E-state index is 12.0. The van der Waals surface area contributed by atoms with Crippen LogP contribution >= 0.6 is 0 Å². The second-order valence-corrected chi connectivity index (χ2v) is 4.51. The van der Waals surface area contributed by atoms with Gasteiger partial charge in [0.05, 0.1) is 22.2 Å². The lowest BCUT2D eigenvalue weighted by molar-refractivity contribution is -0.118. The zero-order chi connectivity index (χ0) is 12.7. The summed E-state index contributed by atoms with van der Waals surface area (Å²) in [6, 6.07) is 6.42. The van der Waals surface area contributed by atoms with Crippen LogP contribution in [-0.2, 0) is 4.79 Å². The van der Waals surface area contributed by atoms with Crippen LogP contribution in [0.3, 0.4) is 0 Å². The average Bonchev–Trinajstić information content (AvgIpc) is 3.20. The Balaban J connectivity index is 2.13. The monoisotopic (exact) mass is 242 g/mol. The molecule has 1 heterocycles. The summed E-state index contributed by atoms with van der Waals surface area (Å²) in [4.78, 5) is 23.0. The van der Waals surface area contributed by atoms with Gasteiger partial charge in [-0.25, -0.2) is 5.01 Å². The number of hydrogen-bond donors (Lipinski definition) is 1. The number of nitrogens with zero attached hydrogens (tertiary/aromatic N) is 3. The quantitative estimate of drug-likeness (QED) is 0.801. The molecule has 6 heteroatoms. The van der Waals surface area contributed by atoms with Crippen molar-refractivity contribution < 1.29 is 4.79 Å². The van der Waals surface area contributed by atoms with Crippen LogP contribution in [0.4, 0.5) is 11.4 Å². The summed E-state index contributed by atoms with van der Waals surface area (Å²) in [5.74, 6) is -0.0751. The summed E-state index contributed by atoms with van der Waals surface area (Å²) in [6.07, 6.45) is 1.86. The molecule has 1 saturated carbocycles. The maximum Gasteiger partial charge on any atom is 0.249 e. The van der Waals surface area contributed by atoms with Gasteiger partial charge >= 0.3 is 0 Å². The second kappa shape index (κ2) is 3.81. The first-order valence-corrected chi connectivity index (χ1v) is 5.72. The summed E-state index contributed by atoms with van der Waals surface area (Å²) in [5.41, 5.74) is 1.21. The van der Waals surface area contributed by atoms with E-state index in [-0.39, 0.29) is 11.8 Å². The van der Waals surface area contributed by atoms with Crippen molar-refractivity contribution in [2.75, 3.05) is 10.3 Å². The first kappa shape index (κ1) is 10.7. The molecule has 3 rings (SSSR count). The van der Waals surface area contributed by atoms with E-state index in [1.54, 1.807) is 18.2 Å². The molecule has 1 N–H and O–H groups in total. The largest absolute Gasteiger partial charge is 0.321 e. The van der Waals surface area contributed by atoms with E-state index in [2.05, 4.69) is 10.6 Å². The van der Waals surface area contributed by atoms with E-state index < -0.39 is 6.04 Å². The molecular weight excluding hydrogens is 232 g/mol. The fourth-order valence-electron chi connectivity index (χ4n) is 2.33. The number of amides is 1. The summed E-state index contributed by atoms with van der Waals surface area (Å²) < 4.78 is 0. The number of nitriles is 1. The van der Waals surface area contributed by atoms with Crippen molar-refractivity contribution in [3.63, 3.8) is 0 Å². The first-order valence-electron chi connectivity index (χ1n) is 5.72. The van der Waals surface area contributed by atoms with E-state index in [0.717, 1.165) is 12.8 Å². The highest BCUT2D eigenvalue weighted by Gasteiger charge is 2.45. The van der Waals surface area contributed by atoms with Gasteiger partial charge in [0.25, 0.3) is 0 Å². The molecule has 1 aromatic carbocycles. The molecule has 1 atom stereocenters. The Morgan fingerprint density at radius 2 is 2.22 bits per heavy atom. The Hall–Kier alpha value is -2.42. The number of hydrogen-bond acceptors (Lipinski definition) is 4. The number of fused-ring (bicyclic) bond motifs is 1. The van der Waals surface area contributed by atoms with E-state index in [1.807, 2.05) is 6.07 Å². The molecule has 1 unspecified atom stereocenters. The summed E-state index contributed by atoms with van der Waals surface area (Å²) >= 11 is 0. The number of anilines is 2. The van der Waals surface area contributed by atoms with E-state index >= 15 is 0 Å². The zero-order valence-corrected chi connectivity index (χ0v) is 9.46. The van der Waals surface area contributed by atoms with Gasteiger partial charge in [0.15, 0.2) is 0 Å². The van der Waals surface area contributed by atoms with Gasteiger partial charge in [-0.3, -0.25) is 4.79 Å². The first-order chi connectivity index (χ1) is 8.76. The molecule has 1 aliphatic carbocycles. The van der Waals surface area contributed by atoms with Crippen molar-refractivity contribution in [2.24, 2.45) is 11.2 Å². The molecule has 1 fully saturated rings. The van der Waals surface area contributed by atoms with Crippen LogP contribution in [0.25, 0.3) is 0 Å². The number of nitroso groups, excluding NO2 is 1. The highest BCUT2D eigenvalue weighted by atomic mass is 16.3. The van der Waals surface area contributed by atoms with Crippen molar-refractivity contribution in [2.45, 2.75) is 18.9 Å². The number of nitrogens with one attached hydrogen (secondary N) is 1. The number of carbonyl (C=O) groups is 1. The predicted molar refractivity (Wildman–Crippen MR) is 64.6 cm³/mol. The Labute approximate surface area is 103 Å². The van der Waals surface area contributed by atoms with E-state index in [9.17, 15) is 9.70 Å². The molecule has 2 aliphatic rings. The fourth-order valence-corrected chi connectivity index (χ4v) is 2.33. The minimum atomic E-state index is -0.538. The maximum atomic E-state index is 12.0. The third-order valence-electron chi connectivity index (χ3n) is 3.35. The molecule has 0 saturated heterocycles. The molecule has 1 aliphatic heterocycles. The van der Waals surface area contributed by atoms with Crippen LogP contribution in [0, 0.1) is 22.2 Å². The Morgan fingerprint density at radius 3 is 2.83 bits per heavy atom. The predicted octanol–water partition coefficient (Wildman–Crippen LogP) is 1.78. The molecule has 6 nitrogen and oxygen atoms in total. The third kappa shape index (κ3) is 1.44. The Kier molecular flexibility index (Phi) is 2.27. The number of carbonyl (C=O) groups excluding carboxylic acids is 1.